The minimum atomic E-state index is -2.68. The van der Waals surface area contributed by atoms with Crippen molar-refractivity contribution >= 4 is 5.97 Å². The van der Waals surface area contributed by atoms with Crippen LogP contribution < -0.4 is 4.74 Å². The Labute approximate surface area is 139 Å². The number of carboxylic acids is 1. The molecule has 1 aromatic carbocycles. The summed E-state index contributed by atoms with van der Waals surface area (Å²) in [7, 11) is 0. The average Bonchev–Trinajstić information content (AvgIpc) is 2.51. The van der Waals surface area contributed by atoms with Gasteiger partial charge in [0.1, 0.15) is 18.5 Å². The van der Waals surface area contributed by atoms with E-state index in [1.807, 2.05) is 4.90 Å². The van der Waals surface area contributed by atoms with E-state index in [9.17, 15) is 18.7 Å². The highest BCUT2D eigenvalue weighted by atomic mass is 19.3. The number of hydrogen-bond donors (Lipinski definition) is 2. The Kier molecular flexibility index (Phi) is 5.77. The Morgan fingerprint density at radius 3 is 2.33 bits per heavy atom. The zero-order valence-electron chi connectivity index (χ0n) is 13.8. The number of carbonyl (C=O) groups is 1. The number of ether oxygens (including phenoxy) is 1. The molecule has 0 spiro atoms. The van der Waals surface area contributed by atoms with E-state index >= 15 is 0 Å². The van der Waals surface area contributed by atoms with Gasteiger partial charge in [0, 0.05) is 31.5 Å². The van der Waals surface area contributed by atoms with Gasteiger partial charge in [-0.15, -0.1) is 0 Å². The van der Waals surface area contributed by atoms with Crippen molar-refractivity contribution in [2.24, 2.45) is 11.8 Å². The molecule has 1 aliphatic rings. The molecule has 1 aliphatic heterocycles. The van der Waals surface area contributed by atoms with Crippen molar-refractivity contribution in [2.75, 3.05) is 26.2 Å². The predicted molar refractivity (Wildman–Crippen MR) is 84.6 cm³/mol. The number of aromatic carboxylic acids is 1. The minimum Gasteiger partial charge on any atom is -0.491 e. The lowest BCUT2D eigenvalue weighted by molar-refractivity contribution is -0.143. The van der Waals surface area contributed by atoms with E-state index < -0.39 is 29.8 Å². The fourth-order valence-corrected chi connectivity index (χ4v) is 2.96. The highest BCUT2D eigenvalue weighted by Gasteiger charge is 2.47. The van der Waals surface area contributed by atoms with Gasteiger partial charge in [-0.05, 0) is 24.3 Å². The van der Waals surface area contributed by atoms with Crippen molar-refractivity contribution in [3.05, 3.63) is 29.8 Å². The van der Waals surface area contributed by atoms with Crippen molar-refractivity contribution in [1.82, 2.24) is 4.90 Å². The predicted octanol–water partition coefficient (Wildman–Crippen LogP) is 2.35. The largest absolute Gasteiger partial charge is 0.491 e. The summed E-state index contributed by atoms with van der Waals surface area (Å²) in [4.78, 5) is 12.6. The van der Waals surface area contributed by atoms with Crippen molar-refractivity contribution < 1.29 is 28.5 Å². The first-order valence-electron chi connectivity index (χ1n) is 7.94. The van der Waals surface area contributed by atoms with E-state index in [0.717, 1.165) is 0 Å². The first kappa shape index (κ1) is 18.6. The second kappa shape index (κ2) is 7.44. The third kappa shape index (κ3) is 4.42. The molecule has 0 bridgehead atoms. The first-order chi connectivity index (χ1) is 11.2. The number of nitrogens with zero attached hydrogens (tertiary/aromatic N) is 1. The second-order valence-corrected chi connectivity index (χ2v) is 6.49. The van der Waals surface area contributed by atoms with Gasteiger partial charge in [-0.1, -0.05) is 13.8 Å². The third-order valence-electron chi connectivity index (χ3n) is 4.39. The molecule has 0 aliphatic carbocycles. The number of hydrogen-bond acceptors (Lipinski definition) is 4. The molecule has 134 valence electrons. The molecule has 2 N–H and O–H groups in total. The van der Waals surface area contributed by atoms with Crippen LogP contribution in [-0.4, -0.2) is 59.3 Å². The van der Waals surface area contributed by atoms with E-state index in [4.69, 9.17) is 9.84 Å². The van der Waals surface area contributed by atoms with Gasteiger partial charge < -0.3 is 14.9 Å². The molecule has 3 atom stereocenters. The summed E-state index contributed by atoms with van der Waals surface area (Å²) < 4.78 is 33.0. The number of halogens is 2. The molecule has 7 heteroatoms. The zero-order chi connectivity index (χ0) is 17.9. The monoisotopic (exact) mass is 343 g/mol. The highest BCUT2D eigenvalue weighted by molar-refractivity contribution is 5.87. The van der Waals surface area contributed by atoms with Crippen LogP contribution in [0.3, 0.4) is 0 Å². The molecular weight excluding hydrogens is 320 g/mol. The molecule has 3 unspecified atom stereocenters. The van der Waals surface area contributed by atoms with Gasteiger partial charge in [0.25, 0.3) is 5.92 Å². The standard InChI is InChI=1S/C17H23F2NO4/c1-11-7-20(8-12(2)17(11,18)19)9-14(21)10-24-15-5-3-13(4-6-15)16(22)23/h3-6,11-12,14,21H,7-10H2,1-2H3,(H,22,23). The molecule has 1 saturated heterocycles. The summed E-state index contributed by atoms with van der Waals surface area (Å²) >= 11 is 0. The topological polar surface area (TPSA) is 70.0 Å². The molecule has 0 saturated carbocycles. The van der Waals surface area contributed by atoms with Gasteiger partial charge in [-0.2, -0.15) is 0 Å². The highest BCUT2D eigenvalue weighted by Crippen LogP contribution is 2.37. The fourth-order valence-electron chi connectivity index (χ4n) is 2.96. The van der Waals surface area contributed by atoms with Crippen molar-refractivity contribution in [3.63, 3.8) is 0 Å². The van der Waals surface area contributed by atoms with E-state index in [1.165, 1.54) is 38.1 Å². The number of piperidine rings is 1. The SMILES string of the molecule is CC1CN(CC(O)COc2ccc(C(=O)O)cc2)CC(C)C1(F)F. The van der Waals surface area contributed by atoms with Crippen LogP contribution in [0.4, 0.5) is 8.78 Å². The molecule has 0 amide bonds. The van der Waals surface area contributed by atoms with E-state index in [-0.39, 0.29) is 31.8 Å². The molecule has 5 nitrogen and oxygen atoms in total. The molecule has 1 heterocycles. The van der Waals surface area contributed by atoms with Crippen LogP contribution in [0, 0.1) is 11.8 Å². The quantitative estimate of drug-likeness (QED) is 0.830. The van der Waals surface area contributed by atoms with Crippen LogP contribution in [0.15, 0.2) is 24.3 Å². The zero-order valence-corrected chi connectivity index (χ0v) is 13.8. The van der Waals surface area contributed by atoms with Crippen LogP contribution in [0.25, 0.3) is 0 Å². The lowest BCUT2D eigenvalue weighted by Gasteiger charge is -2.41. The van der Waals surface area contributed by atoms with E-state index in [0.29, 0.717) is 5.75 Å². The normalized spacial score (nSPS) is 25.2. The van der Waals surface area contributed by atoms with Crippen LogP contribution >= 0.6 is 0 Å². The average molecular weight is 343 g/mol. The molecule has 0 radical (unpaired) electrons. The lowest BCUT2D eigenvalue weighted by atomic mass is 9.87. The van der Waals surface area contributed by atoms with Crippen molar-refractivity contribution in [2.45, 2.75) is 25.9 Å². The molecule has 1 fully saturated rings. The van der Waals surface area contributed by atoms with Crippen LogP contribution in [-0.2, 0) is 0 Å². The number of carboxylic acid groups (broad SMARTS) is 1. The maximum atomic E-state index is 13.8. The summed E-state index contributed by atoms with van der Waals surface area (Å²) in [5, 5.41) is 18.9. The lowest BCUT2D eigenvalue weighted by Crippen LogP contribution is -2.53. The van der Waals surface area contributed by atoms with Crippen LogP contribution in [0.2, 0.25) is 0 Å². The maximum absolute atomic E-state index is 13.8. The van der Waals surface area contributed by atoms with Gasteiger partial charge >= 0.3 is 5.97 Å². The Bertz CT molecular complexity index is 550. The summed E-state index contributed by atoms with van der Waals surface area (Å²) in [6.45, 7) is 3.80. The summed E-state index contributed by atoms with van der Waals surface area (Å²) in [6, 6.07) is 5.86. The van der Waals surface area contributed by atoms with Gasteiger partial charge in [-0.3, -0.25) is 4.90 Å². The number of aliphatic hydroxyl groups excluding tert-OH is 1. The van der Waals surface area contributed by atoms with Gasteiger partial charge in [0.05, 0.1) is 5.56 Å². The van der Waals surface area contributed by atoms with Gasteiger partial charge in [0.2, 0.25) is 0 Å². The summed E-state index contributed by atoms with van der Waals surface area (Å²) in [5.41, 5.74) is 0.153. The molecule has 2 rings (SSSR count). The Morgan fingerprint density at radius 1 is 1.29 bits per heavy atom. The number of benzene rings is 1. The number of rotatable bonds is 6. The van der Waals surface area contributed by atoms with Crippen LogP contribution in [0.5, 0.6) is 5.75 Å². The van der Waals surface area contributed by atoms with E-state index in [1.54, 1.807) is 0 Å². The van der Waals surface area contributed by atoms with Crippen molar-refractivity contribution in [3.8, 4) is 5.75 Å². The smallest absolute Gasteiger partial charge is 0.335 e. The van der Waals surface area contributed by atoms with E-state index in [2.05, 4.69) is 0 Å². The fraction of sp³-hybridized carbons (Fsp3) is 0.588. The molecule has 24 heavy (non-hydrogen) atoms. The number of likely N-dealkylation sites (tertiary alicyclic amines) is 1. The maximum Gasteiger partial charge on any atom is 0.335 e. The van der Waals surface area contributed by atoms with Crippen molar-refractivity contribution in [1.29, 1.82) is 0 Å². The van der Waals surface area contributed by atoms with Gasteiger partial charge in [-0.25, -0.2) is 13.6 Å². The third-order valence-corrected chi connectivity index (χ3v) is 4.39. The number of β-amino-alcohol motifs (C(OH)–C–C–N with tert-alkyl or cyclic N) is 1. The summed E-state index contributed by atoms with van der Waals surface area (Å²) in [6.07, 6.45) is -0.810. The second-order valence-electron chi connectivity index (χ2n) is 6.49. The molecule has 1 aromatic rings. The Morgan fingerprint density at radius 2 is 1.83 bits per heavy atom. The molecule has 0 aromatic heterocycles. The van der Waals surface area contributed by atoms with Gasteiger partial charge in [0.15, 0.2) is 0 Å². The first-order valence-corrected chi connectivity index (χ1v) is 7.94. The minimum absolute atomic E-state index is 0.0159. The Balaban J connectivity index is 1.81. The molecular formula is C17H23F2NO4. The summed E-state index contributed by atoms with van der Waals surface area (Å²) in [5.74, 6) is -4.75. The number of alkyl halides is 2. The number of aliphatic hydroxyl groups is 1. The van der Waals surface area contributed by atoms with Crippen LogP contribution in [0.1, 0.15) is 24.2 Å². The Hall–Kier alpha value is -1.73.